The highest BCUT2D eigenvalue weighted by Gasteiger charge is 2.19. The molecule has 0 radical (unpaired) electrons. The monoisotopic (exact) mass is 410 g/mol. The molecule has 0 aromatic heterocycles. The van der Waals surface area contributed by atoms with E-state index < -0.39 is 60.2 Å². The molecule has 2 amide bonds. The van der Waals surface area contributed by atoms with Crippen LogP contribution in [0.4, 0.5) is 18.9 Å². The summed E-state index contributed by atoms with van der Waals surface area (Å²) in [7, 11) is 0. The number of esters is 1. The molecule has 0 saturated carbocycles. The van der Waals surface area contributed by atoms with Gasteiger partial charge in [-0.1, -0.05) is 18.2 Å². The summed E-state index contributed by atoms with van der Waals surface area (Å²) in [5, 5.41) is 4.11. The number of carbonyl (C=O) groups is 3. The zero-order valence-electron chi connectivity index (χ0n) is 15.2. The maximum Gasteiger partial charge on any atom is 0.347 e. The summed E-state index contributed by atoms with van der Waals surface area (Å²) in [5.41, 5.74) is -0.582. The molecule has 0 fully saturated rings. The molecule has 2 N–H and O–H groups in total. The Hall–Kier alpha value is -3.56. The Morgan fingerprint density at radius 1 is 0.966 bits per heavy atom. The lowest BCUT2D eigenvalue weighted by Gasteiger charge is -2.14. The van der Waals surface area contributed by atoms with Crippen LogP contribution in [0.15, 0.2) is 42.5 Å². The smallest absolute Gasteiger partial charge is 0.347 e. The molecule has 0 heterocycles. The molecular weight excluding hydrogens is 393 g/mol. The van der Waals surface area contributed by atoms with E-state index in [1.165, 1.54) is 6.92 Å². The van der Waals surface area contributed by atoms with Gasteiger partial charge in [-0.3, -0.25) is 9.59 Å². The first-order chi connectivity index (χ1) is 13.8. The number of benzene rings is 2. The third kappa shape index (κ3) is 6.52. The fraction of sp³-hybridized carbons (Fsp3) is 0.211. The lowest BCUT2D eigenvalue weighted by atomic mass is 10.2. The third-order valence-corrected chi connectivity index (χ3v) is 3.49. The Balaban J connectivity index is 1.73. The van der Waals surface area contributed by atoms with Crippen LogP contribution in [-0.2, 0) is 19.1 Å². The van der Waals surface area contributed by atoms with E-state index in [1.807, 2.05) is 5.32 Å². The molecule has 0 saturated heterocycles. The van der Waals surface area contributed by atoms with Crippen LogP contribution in [0.2, 0.25) is 0 Å². The SMILES string of the molecule is C[C@H](Oc1ccccc1)C(=O)OCC(=O)NCC(=O)Nc1ccc(F)c(F)c1F. The van der Waals surface area contributed by atoms with Crippen LogP contribution in [0.25, 0.3) is 0 Å². The van der Waals surface area contributed by atoms with Gasteiger partial charge in [-0.05, 0) is 31.2 Å². The second-order valence-corrected chi connectivity index (χ2v) is 5.73. The highest BCUT2D eigenvalue weighted by atomic mass is 19.2. The van der Waals surface area contributed by atoms with Gasteiger partial charge < -0.3 is 20.1 Å². The van der Waals surface area contributed by atoms with E-state index >= 15 is 0 Å². The van der Waals surface area contributed by atoms with Crippen LogP contribution in [0.1, 0.15) is 6.92 Å². The first-order valence-electron chi connectivity index (χ1n) is 8.36. The zero-order chi connectivity index (χ0) is 21.4. The van der Waals surface area contributed by atoms with Gasteiger partial charge in [0.15, 0.2) is 30.2 Å². The molecule has 7 nitrogen and oxygen atoms in total. The molecule has 0 aliphatic heterocycles. The molecule has 29 heavy (non-hydrogen) atoms. The van der Waals surface area contributed by atoms with Crippen LogP contribution >= 0.6 is 0 Å². The van der Waals surface area contributed by atoms with Crippen molar-refractivity contribution in [3.05, 3.63) is 59.9 Å². The average molecular weight is 410 g/mol. The number of rotatable bonds is 8. The van der Waals surface area contributed by atoms with E-state index in [0.717, 1.165) is 6.07 Å². The summed E-state index contributed by atoms with van der Waals surface area (Å²) in [4.78, 5) is 35.2. The van der Waals surface area contributed by atoms with E-state index in [4.69, 9.17) is 9.47 Å². The maximum absolute atomic E-state index is 13.5. The van der Waals surface area contributed by atoms with Gasteiger partial charge >= 0.3 is 5.97 Å². The second kappa shape index (κ2) is 10.1. The number of hydrogen-bond donors (Lipinski definition) is 2. The van der Waals surface area contributed by atoms with Gasteiger partial charge in [-0.2, -0.15) is 0 Å². The first-order valence-corrected chi connectivity index (χ1v) is 8.36. The summed E-state index contributed by atoms with van der Waals surface area (Å²) in [6.07, 6.45) is -0.968. The zero-order valence-corrected chi connectivity index (χ0v) is 15.2. The number of halogens is 3. The number of anilines is 1. The summed E-state index contributed by atoms with van der Waals surface area (Å²) < 4.78 is 49.5. The first kappa shape index (κ1) is 21.7. The van der Waals surface area contributed by atoms with Crippen LogP contribution < -0.4 is 15.4 Å². The molecule has 2 aromatic carbocycles. The van der Waals surface area contributed by atoms with E-state index in [2.05, 4.69) is 5.32 Å². The Labute approximate surface area is 163 Å². The van der Waals surface area contributed by atoms with Crippen LogP contribution in [0.3, 0.4) is 0 Å². The van der Waals surface area contributed by atoms with Crippen LogP contribution in [0.5, 0.6) is 5.75 Å². The minimum Gasteiger partial charge on any atom is -0.479 e. The highest BCUT2D eigenvalue weighted by Crippen LogP contribution is 2.19. The van der Waals surface area contributed by atoms with Crippen molar-refractivity contribution in [2.24, 2.45) is 0 Å². The fourth-order valence-electron chi connectivity index (χ4n) is 2.05. The highest BCUT2D eigenvalue weighted by molar-refractivity contribution is 5.95. The summed E-state index contributed by atoms with van der Waals surface area (Å²) in [5.74, 6) is -6.74. The van der Waals surface area contributed by atoms with E-state index in [0.29, 0.717) is 11.8 Å². The number of para-hydroxylation sites is 1. The second-order valence-electron chi connectivity index (χ2n) is 5.73. The number of carbonyl (C=O) groups excluding carboxylic acids is 3. The molecule has 0 unspecified atom stereocenters. The van der Waals surface area contributed by atoms with Crippen molar-refractivity contribution >= 4 is 23.5 Å². The summed E-state index contributed by atoms with van der Waals surface area (Å²) in [6.45, 7) is 0.163. The van der Waals surface area contributed by atoms with Crippen molar-refractivity contribution in [2.45, 2.75) is 13.0 Å². The number of nitrogens with one attached hydrogen (secondary N) is 2. The third-order valence-electron chi connectivity index (χ3n) is 3.49. The van der Waals surface area contributed by atoms with Crippen LogP contribution in [-0.4, -0.2) is 37.0 Å². The normalized spacial score (nSPS) is 11.3. The average Bonchev–Trinajstić information content (AvgIpc) is 2.71. The van der Waals surface area contributed by atoms with Crippen molar-refractivity contribution in [3.8, 4) is 5.75 Å². The molecule has 0 bridgehead atoms. The molecular formula is C19H17F3N2O5. The van der Waals surface area contributed by atoms with E-state index in [-0.39, 0.29) is 0 Å². The lowest BCUT2D eigenvalue weighted by molar-refractivity contribution is -0.154. The summed E-state index contributed by atoms with van der Waals surface area (Å²) in [6, 6.07) is 9.98. The lowest BCUT2D eigenvalue weighted by Crippen LogP contribution is -2.37. The van der Waals surface area contributed by atoms with Crippen molar-refractivity contribution < 1.29 is 37.0 Å². The largest absolute Gasteiger partial charge is 0.479 e. The Morgan fingerprint density at radius 3 is 2.34 bits per heavy atom. The minimum absolute atomic E-state index is 0.447. The van der Waals surface area contributed by atoms with Gasteiger partial charge in [-0.15, -0.1) is 0 Å². The molecule has 2 aromatic rings. The standard InChI is InChI=1S/C19H17F3N2O5/c1-11(29-12-5-3-2-4-6-12)19(27)28-10-16(26)23-9-15(25)24-14-8-7-13(20)17(21)18(14)22/h2-8,11H,9-10H2,1H3,(H,23,26)(H,24,25)/t11-/m0/s1. The molecule has 10 heteroatoms. The van der Waals surface area contributed by atoms with Gasteiger partial charge in [0, 0.05) is 0 Å². The predicted molar refractivity (Wildman–Crippen MR) is 95.4 cm³/mol. The Morgan fingerprint density at radius 2 is 1.66 bits per heavy atom. The Bertz CT molecular complexity index is 893. The topological polar surface area (TPSA) is 93.7 Å². The minimum atomic E-state index is -1.73. The molecule has 1 atom stereocenters. The van der Waals surface area contributed by atoms with Gasteiger partial charge in [0.2, 0.25) is 5.91 Å². The number of ether oxygens (including phenoxy) is 2. The van der Waals surface area contributed by atoms with Gasteiger partial charge in [0.1, 0.15) is 5.75 Å². The van der Waals surface area contributed by atoms with Gasteiger partial charge in [-0.25, -0.2) is 18.0 Å². The molecule has 2 rings (SSSR count). The molecule has 0 aliphatic rings. The van der Waals surface area contributed by atoms with E-state index in [9.17, 15) is 27.6 Å². The summed E-state index contributed by atoms with van der Waals surface area (Å²) >= 11 is 0. The maximum atomic E-state index is 13.5. The van der Waals surface area contributed by atoms with Crippen molar-refractivity contribution in [2.75, 3.05) is 18.5 Å². The number of amides is 2. The van der Waals surface area contributed by atoms with Gasteiger partial charge in [0.25, 0.3) is 5.91 Å². The van der Waals surface area contributed by atoms with Crippen molar-refractivity contribution in [3.63, 3.8) is 0 Å². The predicted octanol–water partition coefficient (Wildman–Crippen LogP) is 2.17. The Kier molecular flexibility index (Phi) is 7.58. The van der Waals surface area contributed by atoms with Crippen molar-refractivity contribution in [1.29, 1.82) is 0 Å². The fourth-order valence-corrected chi connectivity index (χ4v) is 2.05. The molecule has 154 valence electrons. The van der Waals surface area contributed by atoms with E-state index in [1.54, 1.807) is 30.3 Å². The molecule has 0 spiro atoms. The molecule has 0 aliphatic carbocycles. The van der Waals surface area contributed by atoms with Gasteiger partial charge in [0.05, 0.1) is 12.2 Å². The van der Waals surface area contributed by atoms with Crippen LogP contribution in [0, 0.1) is 17.5 Å². The number of hydrogen-bond acceptors (Lipinski definition) is 5. The van der Waals surface area contributed by atoms with Crippen molar-refractivity contribution in [1.82, 2.24) is 5.32 Å². The quantitative estimate of drug-likeness (QED) is 0.514.